The summed E-state index contributed by atoms with van der Waals surface area (Å²) in [5.41, 5.74) is 7.14. The molecule has 2 aromatic carbocycles. The van der Waals surface area contributed by atoms with Crippen LogP contribution in [0.15, 0.2) is 41.4 Å². The number of nitrogens with zero attached hydrogens (tertiary/aromatic N) is 3. The molecule has 3 rings (SSSR count). The third kappa shape index (κ3) is 4.26. The first-order valence-electron chi connectivity index (χ1n) is 8.10. The number of nitrogen functional groups attached to an aromatic ring is 1. The zero-order chi connectivity index (χ0) is 20.3. The van der Waals surface area contributed by atoms with Crippen LogP contribution >= 0.6 is 23.2 Å². The van der Waals surface area contributed by atoms with Crippen LogP contribution in [0.5, 0.6) is 0 Å². The average molecular weight is 424 g/mol. The Morgan fingerprint density at radius 3 is 2.68 bits per heavy atom. The van der Waals surface area contributed by atoms with Gasteiger partial charge >= 0.3 is 0 Å². The van der Waals surface area contributed by atoms with Gasteiger partial charge in [-0.15, -0.1) is 10.1 Å². The Morgan fingerprint density at radius 1 is 1.32 bits per heavy atom. The normalized spacial score (nSPS) is 13.2. The molecule has 0 unspecified atom stereocenters. The zero-order valence-corrected chi connectivity index (χ0v) is 15.9. The van der Waals surface area contributed by atoms with Gasteiger partial charge in [-0.1, -0.05) is 41.4 Å². The van der Waals surface area contributed by atoms with E-state index in [-0.39, 0.29) is 34.1 Å². The zero-order valence-electron chi connectivity index (χ0n) is 14.4. The summed E-state index contributed by atoms with van der Waals surface area (Å²) in [7, 11) is 0. The lowest BCUT2D eigenvalue weighted by Crippen LogP contribution is -2.39. The van der Waals surface area contributed by atoms with Crippen molar-refractivity contribution < 1.29 is 14.7 Å². The summed E-state index contributed by atoms with van der Waals surface area (Å²) in [6.07, 6.45) is 0. The minimum absolute atomic E-state index is 0.267. The molecule has 0 bridgehead atoms. The Kier molecular flexibility index (Phi) is 5.86. The minimum Gasteiger partial charge on any atom is -0.399 e. The van der Waals surface area contributed by atoms with E-state index in [9.17, 15) is 14.9 Å². The van der Waals surface area contributed by atoms with Crippen LogP contribution < -0.4 is 11.1 Å². The number of anilines is 2. The van der Waals surface area contributed by atoms with Crippen molar-refractivity contribution in [1.82, 2.24) is 4.90 Å². The van der Waals surface area contributed by atoms with Gasteiger partial charge in [0.1, 0.15) is 6.61 Å². The summed E-state index contributed by atoms with van der Waals surface area (Å²) < 4.78 is 0. The van der Waals surface area contributed by atoms with Crippen molar-refractivity contribution in [2.24, 2.45) is 4.99 Å². The van der Waals surface area contributed by atoms with Crippen molar-refractivity contribution in [2.45, 2.75) is 6.61 Å². The summed E-state index contributed by atoms with van der Waals surface area (Å²) in [6.45, 7) is 0.375. The van der Waals surface area contributed by atoms with Crippen LogP contribution in [0.25, 0.3) is 0 Å². The van der Waals surface area contributed by atoms with Crippen LogP contribution in [0.3, 0.4) is 0 Å². The van der Waals surface area contributed by atoms with Crippen molar-refractivity contribution in [3.05, 3.63) is 67.7 Å². The Labute approximate surface area is 169 Å². The molecule has 146 valence electrons. The number of hydrogen-bond acceptors (Lipinski definition) is 7. The predicted molar refractivity (Wildman–Crippen MR) is 106 cm³/mol. The topological polar surface area (TPSA) is 123 Å². The summed E-state index contributed by atoms with van der Waals surface area (Å²) in [5, 5.41) is 13.1. The lowest BCUT2D eigenvalue weighted by Gasteiger charge is -2.21. The smallest absolute Gasteiger partial charge is 0.294 e. The third-order valence-electron chi connectivity index (χ3n) is 3.96. The Morgan fingerprint density at radius 2 is 2.00 bits per heavy atom. The molecule has 1 aliphatic heterocycles. The van der Waals surface area contributed by atoms with Crippen molar-refractivity contribution in [1.29, 1.82) is 0 Å². The van der Waals surface area contributed by atoms with E-state index in [1.165, 1.54) is 17.0 Å². The van der Waals surface area contributed by atoms with E-state index in [0.29, 0.717) is 30.0 Å². The highest BCUT2D eigenvalue weighted by atomic mass is 35.5. The van der Waals surface area contributed by atoms with Crippen molar-refractivity contribution in [2.75, 3.05) is 24.1 Å². The van der Waals surface area contributed by atoms with Gasteiger partial charge in [0.25, 0.3) is 11.0 Å². The highest BCUT2D eigenvalue weighted by Crippen LogP contribution is 2.33. The van der Waals surface area contributed by atoms with E-state index < -0.39 is 5.09 Å². The summed E-state index contributed by atoms with van der Waals surface area (Å²) >= 11 is 12.4. The van der Waals surface area contributed by atoms with Crippen molar-refractivity contribution in [3.8, 4) is 0 Å². The Bertz CT molecular complexity index is 943. The maximum Gasteiger partial charge on any atom is 0.294 e. The SMILES string of the molecule is Nc1cc(Cl)c(NC2=NCCN2C(=O)c2ccccc2CO[N+](=O)[O-])c(Cl)c1. The van der Waals surface area contributed by atoms with Gasteiger partial charge in [-0.2, -0.15) is 0 Å². The van der Waals surface area contributed by atoms with E-state index in [1.54, 1.807) is 24.3 Å². The fraction of sp³-hybridized carbons (Fsp3) is 0.176. The van der Waals surface area contributed by atoms with Gasteiger partial charge in [-0.25, -0.2) is 0 Å². The number of aliphatic imine (C=N–C) groups is 1. The molecule has 11 heteroatoms. The standard InChI is InChI=1S/C17H15Cl2N5O4/c18-13-7-11(20)8-14(19)15(13)22-17-21-5-6-23(17)16(25)12-4-2-1-3-10(12)9-28-24(26)27/h1-4,7-8H,5-6,9,20H2,(H,21,22). The number of amides is 1. The van der Waals surface area contributed by atoms with Crippen LogP contribution in [-0.2, 0) is 11.4 Å². The molecule has 28 heavy (non-hydrogen) atoms. The maximum atomic E-state index is 13.0. The fourth-order valence-corrected chi connectivity index (χ4v) is 3.30. The molecule has 0 radical (unpaired) electrons. The van der Waals surface area contributed by atoms with Crippen LogP contribution in [-0.4, -0.2) is 34.9 Å². The van der Waals surface area contributed by atoms with E-state index in [4.69, 9.17) is 28.9 Å². The molecule has 1 aliphatic rings. The number of benzene rings is 2. The predicted octanol–water partition coefficient (Wildman–Crippen LogP) is 3.21. The lowest BCUT2D eigenvalue weighted by molar-refractivity contribution is -0.763. The summed E-state index contributed by atoms with van der Waals surface area (Å²) in [4.78, 5) is 33.6. The molecular weight excluding hydrogens is 409 g/mol. The van der Waals surface area contributed by atoms with Crippen LogP contribution in [0, 0.1) is 10.1 Å². The molecule has 0 spiro atoms. The summed E-state index contributed by atoms with van der Waals surface area (Å²) in [5.74, 6) is -0.113. The van der Waals surface area contributed by atoms with Gasteiger partial charge in [-0.05, 0) is 23.8 Å². The van der Waals surface area contributed by atoms with Gasteiger partial charge in [0.05, 0.1) is 22.3 Å². The number of carbonyl (C=O) groups excluding carboxylic acids is 1. The highest BCUT2D eigenvalue weighted by Gasteiger charge is 2.27. The van der Waals surface area contributed by atoms with E-state index in [2.05, 4.69) is 15.1 Å². The second-order valence-electron chi connectivity index (χ2n) is 5.80. The third-order valence-corrected chi connectivity index (χ3v) is 4.56. The van der Waals surface area contributed by atoms with Crippen molar-refractivity contribution in [3.63, 3.8) is 0 Å². The lowest BCUT2D eigenvalue weighted by atomic mass is 10.1. The van der Waals surface area contributed by atoms with E-state index >= 15 is 0 Å². The number of halogens is 2. The molecule has 3 N–H and O–H groups in total. The fourth-order valence-electron chi connectivity index (χ4n) is 2.70. The first kappa shape index (κ1) is 19.7. The molecule has 0 atom stereocenters. The van der Waals surface area contributed by atoms with Gasteiger partial charge in [-0.3, -0.25) is 14.7 Å². The number of nitrogens with one attached hydrogen (secondary N) is 1. The van der Waals surface area contributed by atoms with Crippen LogP contribution in [0.4, 0.5) is 11.4 Å². The average Bonchev–Trinajstić information content (AvgIpc) is 3.11. The molecular formula is C17H15Cl2N5O4. The molecule has 0 aromatic heterocycles. The monoisotopic (exact) mass is 423 g/mol. The summed E-state index contributed by atoms with van der Waals surface area (Å²) in [6, 6.07) is 9.55. The van der Waals surface area contributed by atoms with Gasteiger partial charge in [0.2, 0.25) is 5.96 Å². The molecule has 1 heterocycles. The minimum atomic E-state index is -0.906. The molecule has 1 amide bonds. The Hall–Kier alpha value is -3.04. The number of nitrogens with two attached hydrogens (primary N) is 1. The van der Waals surface area contributed by atoms with Crippen molar-refractivity contribution >= 4 is 46.4 Å². The Balaban J connectivity index is 1.84. The number of guanidine groups is 1. The van der Waals surface area contributed by atoms with E-state index in [0.717, 1.165) is 0 Å². The van der Waals surface area contributed by atoms with Crippen LogP contribution in [0.1, 0.15) is 15.9 Å². The molecule has 0 aliphatic carbocycles. The molecule has 9 nitrogen and oxygen atoms in total. The number of rotatable bonds is 5. The number of hydrogen-bond donors (Lipinski definition) is 2. The quantitative estimate of drug-likeness (QED) is 0.432. The second kappa shape index (κ2) is 8.32. The number of carbonyl (C=O) groups is 1. The molecule has 0 fully saturated rings. The van der Waals surface area contributed by atoms with E-state index in [1.807, 2.05) is 0 Å². The van der Waals surface area contributed by atoms with Gasteiger partial charge < -0.3 is 15.9 Å². The van der Waals surface area contributed by atoms with Gasteiger partial charge in [0.15, 0.2) is 0 Å². The molecule has 0 saturated carbocycles. The molecule has 0 saturated heterocycles. The highest BCUT2D eigenvalue weighted by molar-refractivity contribution is 6.40. The largest absolute Gasteiger partial charge is 0.399 e. The van der Waals surface area contributed by atoms with Crippen LogP contribution in [0.2, 0.25) is 10.0 Å². The molecule has 2 aromatic rings. The van der Waals surface area contributed by atoms with Gasteiger partial charge in [0, 0.05) is 17.8 Å². The maximum absolute atomic E-state index is 13.0. The first-order chi connectivity index (χ1) is 13.4. The first-order valence-corrected chi connectivity index (χ1v) is 8.85. The second-order valence-corrected chi connectivity index (χ2v) is 6.62.